The smallest absolute Gasteiger partial charge is 0.295 e. The third kappa shape index (κ3) is 4.03. The second kappa shape index (κ2) is 9.48. The molecular formula is C24H27NO5. The molecule has 1 saturated heterocycles. The first-order chi connectivity index (χ1) is 14.5. The lowest BCUT2D eigenvalue weighted by molar-refractivity contribution is -0.139. The Bertz CT molecular complexity index is 966. The number of likely N-dealkylation sites (tertiary alicyclic amines) is 1. The standard InChI is InChI=1S/C24H27NO5/c1-4-6-14-25-21(18-12-7-8-13-19(18)29-3)20(23(27)24(25)28)22(26)16-10-9-11-17(15-16)30-5-2/h7-13,15,21,26H,4-6,14H2,1-3H3/b22-20-. The summed E-state index contributed by atoms with van der Waals surface area (Å²) < 4.78 is 11.0. The van der Waals surface area contributed by atoms with Crippen LogP contribution in [0.1, 0.15) is 43.9 Å². The van der Waals surface area contributed by atoms with E-state index in [-0.39, 0.29) is 11.3 Å². The van der Waals surface area contributed by atoms with E-state index in [1.807, 2.05) is 32.0 Å². The number of aliphatic hydroxyl groups excluding tert-OH is 1. The van der Waals surface area contributed by atoms with E-state index >= 15 is 0 Å². The average molecular weight is 409 g/mol. The first kappa shape index (κ1) is 21.4. The van der Waals surface area contributed by atoms with Crippen LogP contribution in [0.15, 0.2) is 54.1 Å². The Hall–Kier alpha value is -3.28. The highest BCUT2D eigenvalue weighted by molar-refractivity contribution is 6.46. The van der Waals surface area contributed by atoms with E-state index in [4.69, 9.17) is 9.47 Å². The highest BCUT2D eigenvalue weighted by Gasteiger charge is 2.46. The van der Waals surface area contributed by atoms with Gasteiger partial charge < -0.3 is 19.5 Å². The summed E-state index contributed by atoms with van der Waals surface area (Å²) in [6, 6.07) is 13.4. The van der Waals surface area contributed by atoms with Gasteiger partial charge in [-0.05, 0) is 31.5 Å². The molecule has 0 spiro atoms. The van der Waals surface area contributed by atoms with Gasteiger partial charge in [0.05, 0.1) is 25.3 Å². The number of nitrogens with zero attached hydrogens (tertiary/aromatic N) is 1. The van der Waals surface area contributed by atoms with Crippen LogP contribution in [0.4, 0.5) is 0 Å². The molecule has 1 unspecified atom stereocenters. The summed E-state index contributed by atoms with van der Waals surface area (Å²) >= 11 is 0. The van der Waals surface area contributed by atoms with Crippen molar-refractivity contribution in [3.63, 3.8) is 0 Å². The van der Waals surface area contributed by atoms with Crippen LogP contribution in [-0.4, -0.2) is 42.0 Å². The molecule has 6 heteroatoms. The summed E-state index contributed by atoms with van der Waals surface area (Å²) in [6.45, 7) is 4.79. The summed E-state index contributed by atoms with van der Waals surface area (Å²) in [5, 5.41) is 11.1. The van der Waals surface area contributed by atoms with E-state index in [1.165, 1.54) is 4.90 Å². The zero-order chi connectivity index (χ0) is 21.7. The van der Waals surface area contributed by atoms with E-state index < -0.39 is 17.7 Å². The number of hydrogen-bond acceptors (Lipinski definition) is 5. The van der Waals surface area contributed by atoms with Gasteiger partial charge >= 0.3 is 0 Å². The van der Waals surface area contributed by atoms with Crippen molar-refractivity contribution in [2.24, 2.45) is 0 Å². The Kier molecular flexibility index (Phi) is 6.77. The van der Waals surface area contributed by atoms with Crippen molar-refractivity contribution in [1.29, 1.82) is 0 Å². The Morgan fingerprint density at radius 3 is 2.57 bits per heavy atom. The van der Waals surface area contributed by atoms with Crippen molar-refractivity contribution >= 4 is 17.4 Å². The molecule has 0 aliphatic carbocycles. The molecule has 0 radical (unpaired) electrons. The van der Waals surface area contributed by atoms with E-state index in [0.717, 1.165) is 12.8 Å². The van der Waals surface area contributed by atoms with Crippen LogP contribution in [-0.2, 0) is 9.59 Å². The zero-order valence-corrected chi connectivity index (χ0v) is 17.6. The van der Waals surface area contributed by atoms with Gasteiger partial charge in [-0.1, -0.05) is 43.7 Å². The summed E-state index contributed by atoms with van der Waals surface area (Å²) in [5.74, 6) is -0.386. The SMILES string of the molecule is CCCCN1C(=O)C(=O)/C(=C(\O)c2cccc(OCC)c2)C1c1ccccc1OC. The quantitative estimate of drug-likeness (QED) is 0.399. The van der Waals surface area contributed by atoms with E-state index in [0.29, 0.717) is 35.8 Å². The number of rotatable bonds is 8. The molecule has 1 N–H and O–H groups in total. The lowest BCUT2D eigenvalue weighted by Crippen LogP contribution is -2.30. The van der Waals surface area contributed by atoms with Gasteiger partial charge in [-0.2, -0.15) is 0 Å². The Balaban J connectivity index is 2.18. The Morgan fingerprint density at radius 1 is 1.10 bits per heavy atom. The molecule has 1 amide bonds. The molecule has 1 aliphatic rings. The lowest BCUT2D eigenvalue weighted by Gasteiger charge is -2.26. The zero-order valence-electron chi connectivity index (χ0n) is 17.6. The molecule has 158 valence electrons. The van der Waals surface area contributed by atoms with E-state index in [1.54, 1.807) is 37.4 Å². The van der Waals surface area contributed by atoms with Crippen LogP contribution in [0, 0.1) is 0 Å². The number of ketones is 1. The predicted molar refractivity (Wildman–Crippen MR) is 115 cm³/mol. The summed E-state index contributed by atoms with van der Waals surface area (Å²) in [5.41, 5.74) is 1.15. The molecule has 0 saturated carbocycles. The number of Topliss-reactive ketones (excluding diaryl/α,β-unsaturated/α-hetero) is 1. The molecular weight excluding hydrogens is 382 g/mol. The molecule has 30 heavy (non-hydrogen) atoms. The van der Waals surface area contributed by atoms with Gasteiger partial charge in [0.1, 0.15) is 17.3 Å². The van der Waals surface area contributed by atoms with Crippen LogP contribution in [0.5, 0.6) is 11.5 Å². The van der Waals surface area contributed by atoms with Crippen molar-refractivity contribution in [2.75, 3.05) is 20.3 Å². The fourth-order valence-corrected chi connectivity index (χ4v) is 3.71. The maximum atomic E-state index is 13.0. The molecule has 2 aromatic rings. The summed E-state index contributed by atoms with van der Waals surface area (Å²) in [4.78, 5) is 27.4. The molecule has 6 nitrogen and oxygen atoms in total. The topological polar surface area (TPSA) is 76.1 Å². The molecule has 1 fully saturated rings. The molecule has 1 aliphatic heterocycles. The first-order valence-electron chi connectivity index (χ1n) is 10.2. The molecule has 0 bridgehead atoms. The number of unbranched alkanes of at least 4 members (excludes halogenated alkanes) is 1. The van der Waals surface area contributed by atoms with Crippen molar-refractivity contribution < 1.29 is 24.2 Å². The maximum absolute atomic E-state index is 13.0. The minimum atomic E-state index is -0.719. The van der Waals surface area contributed by atoms with Crippen LogP contribution < -0.4 is 9.47 Å². The van der Waals surface area contributed by atoms with Crippen LogP contribution >= 0.6 is 0 Å². The second-order valence-corrected chi connectivity index (χ2v) is 7.05. The van der Waals surface area contributed by atoms with Crippen LogP contribution in [0.3, 0.4) is 0 Å². The van der Waals surface area contributed by atoms with Gasteiger partial charge in [-0.3, -0.25) is 9.59 Å². The third-order valence-electron chi connectivity index (χ3n) is 5.14. The normalized spacial score (nSPS) is 18.0. The summed E-state index contributed by atoms with van der Waals surface area (Å²) in [7, 11) is 1.54. The monoisotopic (exact) mass is 409 g/mol. The van der Waals surface area contributed by atoms with E-state index in [2.05, 4.69) is 0 Å². The third-order valence-corrected chi connectivity index (χ3v) is 5.14. The van der Waals surface area contributed by atoms with Gasteiger partial charge in [0.2, 0.25) is 0 Å². The van der Waals surface area contributed by atoms with Crippen molar-refractivity contribution in [1.82, 2.24) is 4.90 Å². The number of benzene rings is 2. The van der Waals surface area contributed by atoms with Gasteiger partial charge in [0.25, 0.3) is 11.7 Å². The molecule has 2 aromatic carbocycles. The van der Waals surface area contributed by atoms with Crippen molar-refractivity contribution in [3.05, 3.63) is 65.2 Å². The Labute approximate surface area is 176 Å². The largest absolute Gasteiger partial charge is 0.507 e. The highest BCUT2D eigenvalue weighted by Crippen LogP contribution is 2.42. The molecule has 1 atom stereocenters. The van der Waals surface area contributed by atoms with Crippen LogP contribution in [0.2, 0.25) is 0 Å². The highest BCUT2D eigenvalue weighted by atomic mass is 16.5. The Morgan fingerprint density at radius 2 is 1.87 bits per heavy atom. The number of amides is 1. The maximum Gasteiger partial charge on any atom is 0.295 e. The molecule has 3 rings (SSSR count). The minimum absolute atomic E-state index is 0.0641. The van der Waals surface area contributed by atoms with Gasteiger partial charge in [0.15, 0.2) is 0 Å². The number of carbonyl (C=O) groups excluding carboxylic acids is 2. The van der Waals surface area contributed by atoms with Crippen molar-refractivity contribution in [2.45, 2.75) is 32.7 Å². The average Bonchev–Trinajstić information content (AvgIpc) is 3.02. The first-order valence-corrected chi connectivity index (χ1v) is 10.2. The van der Waals surface area contributed by atoms with Gasteiger partial charge in [-0.15, -0.1) is 0 Å². The molecule has 1 heterocycles. The number of para-hydroxylation sites is 1. The predicted octanol–water partition coefficient (Wildman–Crippen LogP) is 4.32. The number of methoxy groups -OCH3 is 1. The number of carbonyl (C=O) groups is 2. The lowest BCUT2D eigenvalue weighted by atomic mass is 9.94. The number of ether oxygens (including phenoxy) is 2. The fraction of sp³-hybridized carbons (Fsp3) is 0.333. The number of hydrogen-bond donors (Lipinski definition) is 1. The summed E-state index contributed by atoms with van der Waals surface area (Å²) in [6.07, 6.45) is 1.62. The number of aliphatic hydroxyl groups is 1. The minimum Gasteiger partial charge on any atom is -0.507 e. The van der Waals surface area contributed by atoms with Gasteiger partial charge in [-0.25, -0.2) is 0 Å². The van der Waals surface area contributed by atoms with Crippen molar-refractivity contribution in [3.8, 4) is 11.5 Å². The van der Waals surface area contributed by atoms with Gasteiger partial charge in [0, 0.05) is 17.7 Å². The van der Waals surface area contributed by atoms with E-state index in [9.17, 15) is 14.7 Å². The molecule has 0 aromatic heterocycles. The fourth-order valence-electron chi connectivity index (χ4n) is 3.71. The second-order valence-electron chi connectivity index (χ2n) is 7.05. The van der Waals surface area contributed by atoms with Crippen LogP contribution in [0.25, 0.3) is 5.76 Å².